The van der Waals surface area contributed by atoms with Gasteiger partial charge in [-0.15, -0.1) is 0 Å². The molecule has 0 unspecified atom stereocenters. The molecule has 0 saturated carbocycles. The minimum Gasteiger partial charge on any atom is -0.344 e. The SMILES string of the molecule is Cn1cc(NC(=O)Nc2cc(C(=O)Nc3cc(C(=O)Nc4cc(C(=O)Nc5ccc6cc(S(=O)(=O)O)cc(S(=O)(=O)O)c6c5)n(C)c4)n(C)c3)n(C)c2)cc1C(=O)Nc1cc(C(=O)Nc2cc(C(=O)Nc3ccc4cc(S(=O)(=O)O)cc(S(=O)(=O)O)c4c3)n(C)c2)n(C)c1. The number of aromatic nitrogens is 6. The fourth-order valence-electron chi connectivity index (χ4n) is 10.1. The zero-order valence-electron chi connectivity index (χ0n) is 49.4. The lowest BCUT2D eigenvalue weighted by atomic mass is 10.1. The minimum absolute atomic E-state index is 0.00490. The number of urea groups is 1. The number of hydrogen-bond acceptors (Lipinski definition) is 15. The smallest absolute Gasteiger partial charge is 0.323 e. The molecule has 0 aliphatic heterocycles. The number of nitrogens with zero attached hydrogens (tertiary/aromatic N) is 6. The number of benzene rings is 4. The van der Waals surface area contributed by atoms with Gasteiger partial charge in [-0.3, -0.25) is 47.0 Å². The third-order valence-corrected chi connectivity index (χ3v) is 17.9. The minimum atomic E-state index is -5.01. The van der Waals surface area contributed by atoms with Crippen molar-refractivity contribution in [3.63, 3.8) is 0 Å². The summed E-state index contributed by atoms with van der Waals surface area (Å²) in [4.78, 5) is 91.0. The van der Waals surface area contributed by atoms with Gasteiger partial charge in [0.25, 0.3) is 75.9 Å². The van der Waals surface area contributed by atoms with Crippen LogP contribution in [0.4, 0.5) is 50.3 Å². The van der Waals surface area contributed by atoms with Gasteiger partial charge in [0.1, 0.15) is 44.0 Å². The van der Waals surface area contributed by atoms with E-state index in [0.29, 0.717) is 12.1 Å². The van der Waals surface area contributed by atoms with Crippen LogP contribution in [0, 0.1) is 0 Å². The maximum absolute atomic E-state index is 13.5. The number of hydrogen-bond donors (Lipinski definition) is 12. The van der Waals surface area contributed by atoms with Gasteiger partial charge in [-0.2, -0.15) is 33.7 Å². The Bertz CT molecular complexity index is 5070. The molecule has 0 aliphatic rings. The number of carbonyl (C=O) groups excluding carboxylic acids is 7. The summed E-state index contributed by atoms with van der Waals surface area (Å²) >= 11 is 0. The van der Waals surface area contributed by atoms with E-state index in [0.717, 1.165) is 12.1 Å². The van der Waals surface area contributed by atoms with Crippen LogP contribution in [0.15, 0.2) is 154 Å². The summed E-state index contributed by atoms with van der Waals surface area (Å²) in [5.41, 5.74) is 1.71. The molecule has 6 heterocycles. The second-order valence-corrected chi connectivity index (χ2v) is 26.9. The molecule has 0 saturated heterocycles. The molecule has 4 aromatic carbocycles. The lowest BCUT2D eigenvalue weighted by Gasteiger charge is -2.10. The van der Waals surface area contributed by atoms with Crippen molar-refractivity contribution in [3.05, 3.63) is 168 Å². The first-order valence-corrected chi connectivity index (χ1v) is 32.6. The maximum Gasteiger partial charge on any atom is 0.323 e. The fraction of sp³-hybridized carbons (Fsp3) is 0.105. The van der Waals surface area contributed by atoms with Gasteiger partial charge in [-0.25, -0.2) is 4.79 Å². The van der Waals surface area contributed by atoms with Crippen LogP contribution in [-0.4, -0.2) is 121 Å². The molecule has 0 radical (unpaired) electrons. The van der Waals surface area contributed by atoms with E-state index >= 15 is 0 Å². The first-order chi connectivity index (χ1) is 43.9. The number of amides is 8. The van der Waals surface area contributed by atoms with Gasteiger partial charge in [-0.05, 0) is 95.7 Å². The Hall–Kier alpha value is -11.2. The van der Waals surface area contributed by atoms with E-state index in [-0.39, 0.29) is 101 Å². The van der Waals surface area contributed by atoms with Gasteiger partial charge >= 0.3 is 6.03 Å². The average Bonchev–Trinajstić information content (AvgIpc) is 1.23. The van der Waals surface area contributed by atoms with Gasteiger partial charge in [0.15, 0.2) is 0 Å². The van der Waals surface area contributed by atoms with E-state index in [1.165, 1.54) is 151 Å². The van der Waals surface area contributed by atoms with Gasteiger partial charge in [0, 0.05) is 102 Å². The zero-order valence-corrected chi connectivity index (χ0v) is 52.7. The molecule has 12 N–H and O–H groups in total. The molecule has 8 amide bonds. The van der Waals surface area contributed by atoms with Crippen molar-refractivity contribution in [1.82, 2.24) is 27.4 Å². The van der Waals surface area contributed by atoms with Crippen molar-refractivity contribution in [1.29, 1.82) is 0 Å². The van der Waals surface area contributed by atoms with Crippen molar-refractivity contribution in [3.8, 4) is 0 Å². The molecular formula is C57H52N14O19S4. The highest BCUT2D eigenvalue weighted by atomic mass is 32.2. The number of carbonyl (C=O) groups is 7. The van der Waals surface area contributed by atoms with E-state index in [1.807, 2.05) is 0 Å². The van der Waals surface area contributed by atoms with Crippen LogP contribution in [-0.2, 0) is 82.8 Å². The van der Waals surface area contributed by atoms with Crippen LogP contribution < -0.4 is 42.5 Å². The van der Waals surface area contributed by atoms with Crippen molar-refractivity contribution in [2.45, 2.75) is 19.6 Å². The molecule has 0 atom stereocenters. The van der Waals surface area contributed by atoms with E-state index in [2.05, 4.69) is 42.5 Å². The average molecular weight is 1370 g/mol. The molecule has 37 heteroatoms. The van der Waals surface area contributed by atoms with E-state index < -0.39 is 102 Å². The topological polar surface area (TPSA) is 463 Å². The maximum atomic E-state index is 13.5. The summed E-state index contributed by atoms with van der Waals surface area (Å²) < 4.78 is 143. The molecule has 6 aromatic heterocycles. The van der Waals surface area contributed by atoms with Gasteiger partial charge < -0.3 is 69.9 Å². The summed E-state index contributed by atoms with van der Waals surface area (Å²) in [7, 11) is -10.5. The van der Waals surface area contributed by atoms with E-state index in [1.54, 1.807) is 28.2 Å². The quantitative estimate of drug-likeness (QED) is 0.0427. The first-order valence-electron chi connectivity index (χ1n) is 26.9. The Balaban J connectivity index is 0.710. The van der Waals surface area contributed by atoms with Crippen molar-refractivity contribution in [2.24, 2.45) is 42.3 Å². The molecule has 0 bridgehead atoms. The number of nitrogens with one attached hydrogen (secondary N) is 8. The van der Waals surface area contributed by atoms with Crippen LogP contribution in [0.3, 0.4) is 0 Å². The molecule has 488 valence electrons. The number of aryl methyl sites for hydroxylation is 6. The summed E-state index contributed by atoms with van der Waals surface area (Å²) in [5.74, 6) is -3.94. The van der Waals surface area contributed by atoms with E-state index in [4.69, 9.17) is 0 Å². The Kier molecular flexibility index (Phi) is 17.1. The molecule has 33 nitrogen and oxygen atoms in total. The molecule has 0 spiro atoms. The second kappa shape index (κ2) is 24.5. The highest BCUT2D eigenvalue weighted by Crippen LogP contribution is 2.33. The molecule has 0 fully saturated rings. The van der Waals surface area contributed by atoms with Crippen LogP contribution in [0.5, 0.6) is 0 Å². The summed E-state index contributed by atoms with van der Waals surface area (Å²) in [6, 6.07) is 18.2. The van der Waals surface area contributed by atoms with E-state index in [9.17, 15) is 85.4 Å². The third kappa shape index (κ3) is 14.1. The van der Waals surface area contributed by atoms with Gasteiger partial charge in [0.05, 0.1) is 43.9 Å². The van der Waals surface area contributed by atoms with Crippen LogP contribution in [0.25, 0.3) is 21.5 Å². The molecule has 0 aliphatic carbocycles. The van der Waals surface area contributed by atoms with Crippen molar-refractivity contribution < 1.29 is 85.4 Å². The predicted octanol–water partition coefficient (Wildman–Crippen LogP) is 6.17. The zero-order chi connectivity index (χ0) is 68.4. The molecule has 94 heavy (non-hydrogen) atoms. The molecule has 10 rings (SSSR count). The summed E-state index contributed by atoms with van der Waals surface area (Å²) in [6.07, 6.45) is 8.76. The summed E-state index contributed by atoms with van der Waals surface area (Å²) in [5, 5.41) is 20.9. The monoisotopic (exact) mass is 1360 g/mol. The second-order valence-electron chi connectivity index (χ2n) is 21.3. The third-order valence-electron chi connectivity index (χ3n) is 14.4. The van der Waals surface area contributed by atoms with Gasteiger partial charge in [-0.1, -0.05) is 12.1 Å². The number of rotatable bonds is 18. The van der Waals surface area contributed by atoms with Crippen molar-refractivity contribution in [2.75, 3.05) is 42.5 Å². The highest BCUT2D eigenvalue weighted by Gasteiger charge is 2.26. The predicted molar refractivity (Wildman–Crippen MR) is 340 cm³/mol. The first kappa shape index (κ1) is 65.8. The lowest BCUT2D eigenvalue weighted by molar-refractivity contribution is 0.101. The molecular weight excluding hydrogens is 1310 g/mol. The Morgan fingerprint density at radius 1 is 0.287 bits per heavy atom. The molecule has 10 aromatic rings. The van der Waals surface area contributed by atoms with Gasteiger partial charge in [0.2, 0.25) is 0 Å². The Morgan fingerprint density at radius 2 is 0.511 bits per heavy atom. The largest absolute Gasteiger partial charge is 0.344 e. The normalized spacial score (nSPS) is 11.9. The van der Waals surface area contributed by atoms with Crippen molar-refractivity contribution >= 4 is 149 Å². The number of fused-ring (bicyclic) bond motifs is 2. The fourth-order valence-corrected chi connectivity index (χ4v) is 12.8. The van der Waals surface area contributed by atoms with Crippen LogP contribution in [0.2, 0.25) is 0 Å². The summed E-state index contributed by atoms with van der Waals surface area (Å²) in [6.45, 7) is 0. The Morgan fingerprint density at radius 3 is 0.734 bits per heavy atom. The standard InChI is InChI=1S/C57H52N14O19S4/c1-66-23-33(15-43(66)51(72)58-31-9-7-29-11-39(91(79,80)81)21-49(41(29)13-31)93(85,86)87)60-53(74)45-17-35(25-68(45)3)62-55(76)47-19-37(27-70(47)5)64-57(78)65-38-20-48(71(6)28-38)56(77)63-36-18-46(69(4)26-36)54(75)61-34-16-44(67(2)24-34)52(73)59-32-10-8-30-12-40(92(82,83)84)22-50(42(30)14-32)94(88,89)90/h7-28H,1-6H3,(H,58,72)(H,59,73)(H,60,74)(H,61,75)(H,62,76)(H,63,77)(H2,64,65,78)(H,79,80,81)(H,82,83,84)(H,85,86,87)(H,88,89,90). The van der Waals surface area contributed by atoms with Crippen LogP contribution in [0.1, 0.15) is 62.9 Å². The lowest BCUT2D eigenvalue weighted by Crippen LogP contribution is -2.18. The van der Waals surface area contributed by atoms with Crippen LogP contribution >= 0.6 is 0 Å². The number of anilines is 8. The highest BCUT2D eigenvalue weighted by molar-refractivity contribution is 7.87. The Labute approximate surface area is 531 Å².